The standard InChI is InChI=1S/C16H20F3NO2/c17-16(18,19)14-5-1-3-12(9-14)6-7-13-4-2-8-20(10-13)15(22)11-21/h1,3,5,9,13,21H,2,4,6-8,10-11H2/t13-/m0/s1. The average Bonchev–Trinajstić information content (AvgIpc) is 2.52. The minimum Gasteiger partial charge on any atom is -0.387 e. The van der Waals surface area contributed by atoms with Crippen molar-refractivity contribution in [1.82, 2.24) is 4.90 Å². The molecule has 0 aliphatic carbocycles. The number of piperidine rings is 1. The number of nitrogens with zero attached hydrogens (tertiary/aromatic N) is 1. The molecular weight excluding hydrogens is 295 g/mol. The van der Waals surface area contributed by atoms with Gasteiger partial charge in [0.15, 0.2) is 0 Å². The lowest BCUT2D eigenvalue weighted by atomic mass is 9.91. The largest absolute Gasteiger partial charge is 0.416 e. The van der Waals surface area contributed by atoms with Gasteiger partial charge in [-0.15, -0.1) is 0 Å². The van der Waals surface area contributed by atoms with Crippen molar-refractivity contribution in [3.63, 3.8) is 0 Å². The summed E-state index contributed by atoms with van der Waals surface area (Å²) in [4.78, 5) is 13.1. The number of amides is 1. The molecule has 1 aromatic rings. The maximum atomic E-state index is 12.7. The SMILES string of the molecule is O=C(CO)N1CCC[C@@H](CCc2cccc(C(F)(F)F)c2)C1. The van der Waals surface area contributed by atoms with Crippen LogP contribution in [0.3, 0.4) is 0 Å². The van der Waals surface area contributed by atoms with E-state index in [0.717, 1.165) is 25.3 Å². The van der Waals surface area contributed by atoms with E-state index in [1.54, 1.807) is 11.0 Å². The summed E-state index contributed by atoms with van der Waals surface area (Å²) < 4.78 is 38.0. The van der Waals surface area contributed by atoms with Crippen LogP contribution in [0.4, 0.5) is 13.2 Å². The number of alkyl halides is 3. The molecule has 0 unspecified atom stereocenters. The van der Waals surface area contributed by atoms with Crippen molar-refractivity contribution in [3.05, 3.63) is 35.4 Å². The lowest BCUT2D eigenvalue weighted by molar-refractivity contribution is -0.138. The van der Waals surface area contributed by atoms with E-state index in [4.69, 9.17) is 5.11 Å². The molecule has 1 heterocycles. The Morgan fingerprint density at radius 1 is 1.36 bits per heavy atom. The van der Waals surface area contributed by atoms with Gasteiger partial charge in [0.05, 0.1) is 5.56 Å². The molecule has 0 saturated carbocycles. The number of aliphatic hydroxyl groups is 1. The Bertz CT molecular complexity index is 516. The first kappa shape index (κ1) is 16.8. The zero-order valence-electron chi connectivity index (χ0n) is 12.3. The van der Waals surface area contributed by atoms with Crippen molar-refractivity contribution in [1.29, 1.82) is 0 Å². The molecule has 1 atom stereocenters. The van der Waals surface area contributed by atoms with Gasteiger partial charge >= 0.3 is 6.18 Å². The molecule has 1 amide bonds. The number of likely N-dealkylation sites (tertiary alicyclic amines) is 1. The van der Waals surface area contributed by atoms with Crippen LogP contribution in [0.25, 0.3) is 0 Å². The van der Waals surface area contributed by atoms with E-state index in [1.165, 1.54) is 12.1 Å². The van der Waals surface area contributed by atoms with Crippen molar-refractivity contribution >= 4 is 5.91 Å². The van der Waals surface area contributed by atoms with Crippen molar-refractivity contribution in [2.75, 3.05) is 19.7 Å². The van der Waals surface area contributed by atoms with Crippen LogP contribution in [0.5, 0.6) is 0 Å². The van der Waals surface area contributed by atoms with Gasteiger partial charge in [-0.1, -0.05) is 18.2 Å². The topological polar surface area (TPSA) is 40.5 Å². The summed E-state index contributed by atoms with van der Waals surface area (Å²) >= 11 is 0. The van der Waals surface area contributed by atoms with Crippen molar-refractivity contribution in [3.8, 4) is 0 Å². The fraction of sp³-hybridized carbons (Fsp3) is 0.562. The molecule has 1 saturated heterocycles. The molecule has 1 N–H and O–H groups in total. The van der Waals surface area contributed by atoms with E-state index < -0.39 is 18.3 Å². The Morgan fingerprint density at radius 2 is 2.14 bits per heavy atom. The van der Waals surface area contributed by atoms with E-state index in [2.05, 4.69) is 0 Å². The smallest absolute Gasteiger partial charge is 0.387 e. The summed E-state index contributed by atoms with van der Waals surface area (Å²) in [7, 11) is 0. The number of aryl methyl sites for hydroxylation is 1. The van der Waals surface area contributed by atoms with Crippen LogP contribution >= 0.6 is 0 Å². The summed E-state index contributed by atoms with van der Waals surface area (Å²) in [5, 5.41) is 8.89. The molecular formula is C16H20F3NO2. The maximum Gasteiger partial charge on any atom is 0.416 e. The van der Waals surface area contributed by atoms with E-state index in [1.807, 2.05) is 0 Å². The summed E-state index contributed by atoms with van der Waals surface area (Å²) in [5.74, 6) is 0.00237. The highest BCUT2D eigenvalue weighted by atomic mass is 19.4. The van der Waals surface area contributed by atoms with Crippen molar-refractivity contribution < 1.29 is 23.1 Å². The van der Waals surface area contributed by atoms with Crippen LogP contribution in [-0.4, -0.2) is 35.6 Å². The molecule has 1 aromatic carbocycles. The maximum absolute atomic E-state index is 12.7. The second kappa shape index (κ2) is 7.13. The molecule has 2 rings (SSSR count). The Balaban J connectivity index is 1.91. The Morgan fingerprint density at radius 3 is 2.82 bits per heavy atom. The summed E-state index contributed by atoms with van der Waals surface area (Å²) in [6.07, 6.45) is -1.16. The number of hydrogen-bond acceptors (Lipinski definition) is 2. The zero-order valence-corrected chi connectivity index (χ0v) is 12.3. The molecule has 1 aliphatic rings. The monoisotopic (exact) mass is 315 g/mol. The molecule has 1 fully saturated rings. The van der Waals surface area contributed by atoms with Gasteiger partial charge in [0.25, 0.3) is 0 Å². The van der Waals surface area contributed by atoms with E-state index in [-0.39, 0.29) is 11.8 Å². The highest BCUT2D eigenvalue weighted by Gasteiger charge is 2.30. The highest BCUT2D eigenvalue weighted by Crippen LogP contribution is 2.30. The third kappa shape index (κ3) is 4.47. The highest BCUT2D eigenvalue weighted by molar-refractivity contribution is 5.77. The molecule has 0 radical (unpaired) electrons. The fourth-order valence-corrected chi connectivity index (χ4v) is 2.90. The minimum atomic E-state index is -4.31. The number of hydrogen-bond donors (Lipinski definition) is 1. The van der Waals surface area contributed by atoms with Gasteiger partial charge in [-0.05, 0) is 43.2 Å². The first-order valence-electron chi connectivity index (χ1n) is 7.45. The number of aliphatic hydroxyl groups excluding tert-OH is 1. The molecule has 6 heteroatoms. The first-order chi connectivity index (χ1) is 10.4. The van der Waals surface area contributed by atoms with Crippen molar-refractivity contribution in [2.45, 2.75) is 31.9 Å². The van der Waals surface area contributed by atoms with Gasteiger partial charge in [-0.25, -0.2) is 0 Å². The molecule has 122 valence electrons. The summed E-state index contributed by atoms with van der Waals surface area (Å²) in [6, 6.07) is 5.40. The number of rotatable bonds is 4. The summed E-state index contributed by atoms with van der Waals surface area (Å²) in [6.45, 7) is 0.748. The van der Waals surface area contributed by atoms with Crippen LogP contribution in [0.2, 0.25) is 0 Å². The fourth-order valence-electron chi connectivity index (χ4n) is 2.90. The second-order valence-corrected chi connectivity index (χ2v) is 5.74. The van der Waals surface area contributed by atoms with E-state index >= 15 is 0 Å². The molecule has 0 spiro atoms. The van der Waals surface area contributed by atoms with Gasteiger partial charge in [0, 0.05) is 13.1 Å². The normalized spacial score (nSPS) is 19.3. The van der Waals surface area contributed by atoms with E-state index in [9.17, 15) is 18.0 Å². The molecule has 0 bridgehead atoms. The van der Waals surface area contributed by atoms with Crippen LogP contribution in [0, 0.1) is 5.92 Å². The predicted octanol–water partition coefficient (Wildman–Crippen LogP) is 2.87. The van der Waals surface area contributed by atoms with Gasteiger partial charge in [0.2, 0.25) is 5.91 Å². The minimum absolute atomic E-state index is 0.274. The number of halogens is 3. The van der Waals surface area contributed by atoms with Crippen LogP contribution < -0.4 is 0 Å². The molecule has 22 heavy (non-hydrogen) atoms. The zero-order chi connectivity index (χ0) is 16.2. The molecule has 3 nitrogen and oxygen atoms in total. The second-order valence-electron chi connectivity index (χ2n) is 5.74. The van der Waals surface area contributed by atoms with Gasteiger partial charge in [-0.2, -0.15) is 13.2 Å². The van der Waals surface area contributed by atoms with Crippen LogP contribution in [0.1, 0.15) is 30.4 Å². The van der Waals surface area contributed by atoms with E-state index in [0.29, 0.717) is 25.1 Å². The summed E-state index contributed by atoms with van der Waals surface area (Å²) in [5.41, 5.74) is 0.0474. The van der Waals surface area contributed by atoms with Crippen LogP contribution in [-0.2, 0) is 17.4 Å². The third-order valence-electron chi connectivity index (χ3n) is 4.10. The molecule has 1 aliphatic heterocycles. The quantitative estimate of drug-likeness (QED) is 0.928. The first-order valence-corrected chi connectivity index (χ1v) is 7.45. The Hall–Kier alpha value is -1.56. The Kier molecular flexibility index (Phi) is 5.45. The van der Waals surface area contributed by atoms with Crippen molar-refractivity contribution in [2.24, 2.45) is 5.92 Å². The third-order valence-corrected chi connectivity index (χ3v) is 4.10. The van der Waals surface area contributed by atoms with Crippen LogP contribution in [0.15, 0.2) is 24.3 Å². The lowest BCUT2D eigenvalue weighted by Gasteiger charge is -2.32. The lowest BCUT2D eigenvalue weighted by Crippen LogP contribution is -2.41. The number of carbonyl (C=O) groups excluding carboxylic acids is 1. The average molecular weight is 315 g/mol. The van der Waals surface area contributed by atoms with Gasteiger partial charge in [0.1, 0.15) is 6.61 Å². The number of carbonyl (C=O) groups is 1. The molecule has 0 aromatic heterocycles. The Labute approximate surface area is 127 Å². The van der Waals surface area contributed by atoms with Gasteiger partial charge < -0.3 is 10.0 Å². The van der Waals surface area contributed by atoms with Gasteiger partial charge in [-0.3, -0.25) is 4.79 Å². The number of benzene rings is 1. The predicted molar refractivity (Wildman–Crippen MR) is 76.2 cm³/mol.